The van der Waals surface area contributed by atoms with Gasteiger partial charge in [0.25, 0.3) is 0 Å². The maximum absolute atomic E-state index is 12.7. The zero-order chi connectivity index (χ0) is 9.84. The molecule has 4 heteroatoms. The molecule has 0 spiro atoms. The molecule has 0 atom stereocenters. The van der Waals surface area contributed by atoms with Crippen LogP contribution >= 0.6 is 11.6 Å². The zero-order valence-corrected chi connectivity index (χ0v) is 7.86. The Morgan fingerprint density at radius 3 is 2.92 bits per heavy atom. The Kier molecular flexibility index (Phi) is 3.25. The number of rotatable bonds is 2. The summed E-state index contributed by atoms with van der Waals surface area (Å²) in [7, 11) is 0. The number of aryl methyl sites for hydroxylation is 1. The Morgan fingerprint density at radius 2 is 2.31 bits per heavy atom. The van der Waals surface area contributed by atoms with Gasteiger partial charge in [-0.2, -0.15) is 0 Å². The lowest BCUT2D eigenvalue weighted by Crippen LogP contribution is -2.13. The van der Waals surface area contributed by atoms with Crippen molar-refractivity contribution in [2.24, 2.45) is 0 Å². The van der Waals surface area contributed by atoms with E-state index in [9.17, 15) is 9.18 Å². The van der Waals surface area contributed by atoms with Crippen LogP contribution in [-0.4, -0.2) is 11.8 Å². The van der Waals surface area contributed by atoms with Gasteiger partial charge in [-0.15, -0.1) is 11.6 Å². The molecule has 1 rings (SSSR count). The highest BCUT2D eigenvalue weighted by molar-refractivity contribution is 6.29. The Balaban J connectivity index is 2.87. The molecule has 0 heterocycles. The van der Waals surface area contributed by atoms with E-state index in [4.69, 9.17) is 11.6 Å². The van der Waals surface area contributed by atoms with Gasteiger partial charge in [0.1, 0.15) is 11.7 Å². The third-order valence-corrected chi connectivity index (χ3v) is 1.84. The van der Waals surface area contributed by atoms with Crippen LogP contribution in [0.4, 0.5) is 10.1 Å². The highest BCUT2D eigenvalue weighted by Crippen LogP contribution is 2.15. The summed E-state index contributed by atoms with van der Waals surface area (Å²) in [5, 5.41) is 2.49. The Labute approximate surface area is 80.7 Å². The van der Waals surface area contributed by atoms with Crippen molar-refractivity contribution in [1.82, 2.24) is 0 Å². The van der Waals surface area contributed by atoms with Crippen LogP contribution in [0.2, 0.25) is 0 Å². The number of halogens is 2. The van der Waals surface area contributed by atoms with E-state index >= 15 is 0 Å². The number of nitrogens with one attached hydrogen (secondary N) is 1. The van der Waals surface area contributed by atoms with Gasteiger partial charge in [-0.25, -0.2) is 4.39 Å². The van der Waals surface area contributed by atoms with Crippen molar-refractivity contribution in [1.29, 1.82) is 0 Å². The van der Waals surface area contributed by atoms with Crippen molar-refractivity contribution in [3.63, 3.8) is 0 Å². The topological polar surface area (TPSA) is 29.1 Å². The highest BCUT2D eigenvalue weighted by Gasteiger charge is 2.03. The molecule has 0 radical (unpaired) electrons. The molecule has 1 amide bonds. The van der Waals surface area contributed by atoms with Gasteiger partial charge >= 0.3 is 0 Å². The van der Waals surface area contributed by atoms with Gasteiger partial charge in [-0.3, -0.25) is 4.79 Å². The maximum Gasteiger partial charge on any atom is 0.239 e. The first-order valence-corrected chi connectivity index (χ1v) is 4.29. The van der Waals surface area contributed by atoms with E-state index in [1.807, 2.05) is 0 Å². The van der Waals surface area contributed by atoms with Gasteiger partial charge < -0.3 is 5.32 Å². The fourth-order valence-corrected chi connectivity index (χ4v) is 0.979. The second-order valence-electron chi connectivity index (χ2n) is 2.64. The van der Waals surface area contributed by atoms with Crippen molar-refractivity contribution in [2.75, 3.05) is 11.2 Å². The summed E-state index contributed by atoms with van der Waals surface area (Å²) >= 11 is 5.29. The van der Waals surface area contributed by atoms with E-state index in [-0.39, 0.29) is 17.6 Å². The third kappa shape index (κ3) is 2.70. The lowest BCUT2D eigenvalue weighted by molar-refractivity contribution is -0.113. The fraction of sp³-hybridized carbons (Fsp3) is 0.222. The van der Waals surface area contributed by atoms with Gasteiger partial charge in [0, 0.05) is 5.69 Å². The summed E-state index contributed by atoms with van der Waals surface area (Å²) < 4.78 is 12.7. The molecule has 0 bridgehead atoms. The molecule has 13 heavy (non-hydrogen) atoms. The summed E-state index contributed by atoms with van der Waals surface area (Å²) in [5.41, 5.74) is 1.27. The second-order valence-corrected chi connectivity index (χ2v) is 2.91. The van der Waals surface area contributed by atoms with E-state index in [1.54, 1.807) is 13.0 Å². The van der Waals surface area contributed by atoms with Gasteiger partial charge in [0.2, 0.25) is 5.91 Å². The van der Waals surface area contributed by atoms with Crippen LogP contribution < -0.4 is 5.32 Å². The quantitative estimate of drug-likeness (QED) is 0.731. The molecule has 0 aliphatic heterocycles. The van der Waals surface area contributed by atoms with Crippen LogP contribution in [0.1, 0.15) is 5.56 Å². The van der Waals surface area contributed by atoms with Crippen molar-refractivity contribution in [3.05, 3.63) is 29.6 Å². The smallest absolute Gasteiger partial charge is 0.239 e. The minimum Gasteiger partial charge on any atom is -0.325 e. The molecule has 2 nitrogen and oxygen atoms in total. The lowest BCUT2D eigenvalue weighted by atomic mass is 10.2. The Morgan fingerprint density at radius 1 is 1.62 bits per heavy atom. The number of hydrogen-bond donors (Lipinski definition) is 1. The van der Waals surface area contributed by atoms with Crippen LogP contribution in [0, 0.1) is 12.7 Å². The number of benzene rings is 1. The number of carbonyl (C=O) groups is 1. The molecule has 1 aromatic rings. The molecule has 0 aliphatic rings. The zero-order valence-electron chi connectivity index (χ0n) is 7.10. The van der Waals surface area contributed by atoms with Crippen LogP contribution in [0.15, 0.2) is 18.2 Å². The van der Waals surface area contributed by atoms with Crippen molar-refractivity contribution in [3.8, 4) is 0 Å². The van der Waals surface area contributed by atoms with Gasteiger partial charge in [-0.1, -0.05) is 6.07 Å². The summed E-state index contributed by atoms with van der Waals surface area (Å²) in [4.78, 5) is 10.9. The van der Waals surface area contributed by atoms with Crippen molar-refractivity contribution < 1.29 is 9.18 Å². The van der Waals surface area contributed by atoms with Crippen LogP contribution in [-0.2, 0) is 4.79 Å². The predicted octanol–water partition coefficient (Wildman–Crippen LogP) is 2.31. The summed E-state index contributed by atoms with van der Waals surface area (Å²) in [6.45, 7) is 1.78. The average molecular weight is 202 g/mol. The summed E-state index contributed by atoms with van der Waals surface area (Å²) in [6.07, 6.45) is 0. The number of carbonyl (C=O) groups excluding carboxylic acids is 1. The minimum atomic E-state index is -0.379. The third-order valence-electron chi connectivity index (χ3n) is 1.60. The number of alkyl halides is 1. The number of anilines is 1. The van der Waals surface area contributed by atoms with Crippen molar-refractivity contribution >= 4 is 23.2 Å². The van der Waals surface area contributed by atoms with Crippen LogP contribution in [0.5, 0.6) is 0 Å². The maximum atomic E-state index is 12.7. The molecular formula is C9H9ClFNO. The SMILES string of the molecule is Cc1ccc(F)cc1NC(=O)CCl. The highest BCUT2D eigenvalue weighted by atomic mass is 35.5. The first-order valence-electron chi connectivity index (χ1n) is 3.75. The van der Waals surface area contributed by atoms with E-state index < -0.39 is 0 Å². The summed E-state index contributed by atoms with van der Waals surface area (Å²) in [5.74, 6) is -0.846. The summed E-state index contributed by atoms with van der Waals surface area (Å²) in [6, 6.07) is 4.20. The van der Waals surface area contributed by atoms with E-state index in [1.165, 1.54) is 12.1 Å². The molecule has 0 aliphatic carbocycles. The first kappa shape index (κ1) is 9.99. The van der Waals surface area contributed by atoms with Crippen LogP contribution in [0.25, 0.3) is 0 Å². The van der Waals surface area contributed by atoms with Gasteiger partial charge in [-0.05, 0) is 24.6 Å². The molecule has 0 unspecified atom stereocenters. The molecule has 0 fully saturated rings. The Hall–Kier alpha value is -1.09. The van der Waals surface area contributed by atoms with Gasteiger partial charge in [0.15, 0.2) is 0 Å². The predicted molar refractivity (Wildman–Crippen MR) is 50.5 cm³/mol. The molecule has 1 aromatic carbocycles. The number of hydrogen-bond acceptors (Lipinski definition) is 1. The largest absolute Gasteiger partial charge is 0.325 e. The first-order chi connectivity index (χ1) is 6.13. The van der Waals surface area contributed by atoms with Crippen LogP contribution in [0.3, 0.4) is 0 Å². The second kappa shape index (κ2) is 4.23. The van der Waals surface area contributed by atoms with E-state index in [0.717, 1.165) is 5.56 Å². The minimum absolute atomic E-state index is 0.129. The average Bonchev–Trinajstić information content (AvgIpc) is 2.11. The number of amides is 1. The Bertz CT molecular complexity index is 327. The lowest BCUT2D eigenvalue weighted by Gasteiger charge is -2.06. The molecule has 0 saturated heterocycles. The molecular weight excluding hydrogens is 193 g/mol. The molecule has 0 aromatic heterocycles. The standard InChI is InChI=1S/C9H9ClFNO/c1-6-2-3-7(11)4-8(6)12-9(13)5-10/h2-4H,5H2,1H3,(H,12,13). The van der Waals surface area contributed by atoms with E-state index in [0.29, 0.717) is 5.69 Å². The molecule has 0 saturated carbocycles. The monoisotopic (exact) mass is 201 g/mol. The van der Waals surface area contributed by atoms with Gasteiger partial charge in [0.05, 0.1) is 0 Å². The molecule has 70 valence electrons. The van der Waals surface area contributed by atoms with E-state index in [2.05, 4.69) is 5.32 Å². The fourth-order valence-electron chi connectivity index (χ4n) is 0.913. The normalized spacial score (nSPS) is 9.77. The van der Waals surface area contributed by atoms with Crippen molar-refractivity contribution in [2.45, 2.75) is 6.92 Å². The molecule has 1 N–H and O–H groups in total.